The van der Waals surface area contributed by atoms with Crippen molar-refractivity contribution in [2.75, 3.05) is 0 Å². The minimum atomic E-state index is -4.56. The van der Waals surface area contributed by atoms with Crippen molar-refractivity contribution in [3.8, 4) is 5.75 Å². The van der Waals surface area contributed by atoms with Gasteiger partial charge in [0.25, 0.3) is 0 Å². The van der Waals surface area contributed by atoms with Crippen LogP contribution in [0.5, 0.6) is 5.75 Å². The molecule has 3 rings (SSSR count). The molecule has 2 aromatic rings. The summed E-state index contributed by atoms with van der Waals surface area (Å²) in [6.07, 6.45) is -2.14. The second-order valence-electron chi connectivity index (χ2n) is 7.79. The minimum absolute atomic E-state index is 0.110. The number of ether oxygens (including phenoxy) is 1. The van der Waals surface area contributed by atoms with Crippen molar-refractivity contribution in [1.82, 2.24) is 0 Å². The van der Waals surface area contributed by atoms with Crippen LogP contribution in [-0.4, -0.2) is 12.0 Å². The molecule has 0 atom stereocenters. The van der Waals surface area contributed by atoms with Gasteiger partial charge in [0.05, 0.1) is 6.10 Å². The molecular formula is C22H25F5O. The monoisotopic (exact) mass is 400 g/mol. The number of aryl methyl sites for hydroxylation is 1. The molecular weight excluding hydrogens is 375 g/mol. The molecule has 0 bridgehead atoms. The van der Waals surface area contributed by atoms with E-state index in [0.717, 1.165) is 25.3 Å². The van der Waals surface area contributed by atoms with E-state index in [0.29, 0.717) is 18.2 Å². The highest BCUT2D eigenvalue weighted by Crippen LogP contribution is 2.43. The summed E-state index contributed by atoms with van der Waals surface area (Å²) in [6, 6.07) is 8.02. The average Bonchev–Trinajstić information content (AvgIpc) is 2.60. The molecule has 0 unspecified atom stereocenters. The molecule has 0 aromatic heterocycles. The molecule has 0 heterocycles. The third kappa shape index (κ3) is 4.58. The summed E-state index contributed by atoms with van der Waals surface area (Å²) in [6.45, 7) is 2.92. The average molecular weight is 400 g/mol. The first kappa shape index (κ1) is 20.9. The zero-order chi connectivity index (χ0) is 20.5. The number of halogens is 5. The lowest BCUT2D eigenvalue weighted by Crippen LogP contribution is -2.33. The van der Waals surface area contributed by atoms with Crippen LogP contribution in [0.15, 0.2) is 30.3 Å². The Bertz CT molecular complexity index is 814. The zero-order valence-electron chi connectivity index (χ0n) is 16.1. The van der Waals surface area contributed by atoms with Gasteiger partial charge in [0.15, 0.2) is 0 Å². The fourth-order valence-corrected chi connectivity index (χ4v) is 4.06. The molecule has 1 fully saturated rings. The third-order valence-corrected chi connectivity index (χ3v) is 5.55. The molecule has 0 spiro atoms. The Balaban J connectivity index is 1.88. The quantitative estimate of drug-likeness (QED) is 0.475. The predicted molar refractivity (Wildman–Crippen MR) is 99.9 cm³/mol. The Morgan fingerprint density at radius 2 is 1.64 bits per heavy atom. The highest BCUT2D eigenvalue weighted by atomic mass is 19.4. The lowest BCUT2D eigenvalue weighted by atomic mass is 9.83. The predicted octanol–water partition coefficient (Wildman–Crippen LogP) is 7.40. The molecule has 0 aliphatic heterocycles. The Kier molecular flexibility index (Phi) is 5.87. The van der Waals surface area contributed by atoms with Crippen molar-refractivity contribution in [3.05, 3.63) is 41.5 Å². The molecule has 28 heavy (non-hydrogen) atoms. The standard InChI is InChI=1S/C22H25F5O/c1-3-4-14-5-11-18-15(13-14)6-12-19(20(18)22(25,26)27)28-17-9-7-16(8-10-17)21(2,23)24/h5-6,11-13,16-17H,3-4,7-10H2,1-2H3. The van der Waals surface area contributed by atoms with Gasteiger partial charge in [-0.2, -0.15) is 13.2 Å². The van der Waals surface area contributed by atoms with Crippen molar-refractivity contribution < 1.29 is 26.7 Å². The second kappa shape index (κ2) is 7.88. The van der Waals surface area contributed by atoms with Crippen LogP contribution in [0, 0.1) is 5.92 Å². The minimum Gasteiger partial charge on any atom is -0.490 e. The van der Waals surface area contributed by atoms with E-state index < -0.39 is 29.7 Å². The van der Waals surface area contributed by atoms with E-state index in [-0.39, 0.29) is 24.0 Å². The zero-order valence-corrected chi connectivity index (χ0v) is 16.1. The van der Waals surface area contributed by atoms with Crippen LogP contribution in [0.2, 0.25) is 0 Å². The fraction of sp³-hybridized carbons (Fsp3) is 0.545. The molecule has 0 radical (unpaired) electrons. The van der Waals surface area contributed by atoms with Crippen molar-refractivity contribution >= 4 is 10.8 Å². The van der Waals surface area contributed by atoms with Crippen LogP contribution < -0.4 is 4.74 Å². The van der Waals surface area contributed by atoms with Gasteiger partial charge in [-0.25, -0.2) is 8.78 Å². The van der Waals surface area contributed by atoms with Crippen LogP contribution in [0.1, 0.15) is 57.1 Å². The number of benzene rings is 2. The first-order chi connectivity index (χ1) is 13.1. The summed E-state index contributed by atoms with van der Waals surface area (Å²) in [5.74, 6) is -3.71. The van der Waals surface area contributed by atoms with Gasteiger partial charge in [0.2, 0.25) is 5.92 Å². The van der Waals surface area contributed by atoms with Crippen LogP contribution >= 0.6 is 0 Å². The maximum Gasteiger partial charge on any atom is 0.420 e. The first-order valence-electron chi connectivity index (χ1n) is 9.77. The molecule has 1 saturated carbocycles. The summed E-state index contributed by atoms with van der Waals surface area (Å²) < 4.78 is 74.1. The molecule has 154 valence electrons. The first-order valence-corrected chi connectivity index (χ1v) is 9.77. The van der Waals surface area contributed by atoms with Gasteiger partial charge >= 0.3 is 6.18 Å². The normalized spacial score (nSPS) is 21.1. The van der Waals surface area contributed by atoms with Crippen LogP contribution in [0.3, 0.4) is 0 Å². The van der Waals surface area contributed by atoms with E-state index >= 15 is 0 Å². The van der Waals surface area contributed by atoms with Crippen molar-refractivity contribution in [2.45, 2.75) is 70.6 Å². The summed E-state index contributed by atoms with van der Waals surface area (Å²) in [5.41, 5.74) is 0.214. The topological polar surface area (TPSA) is 9.23 Å². The van der Waals surface area contributed by atoms with Gasteiger partial charge in [-0.3, -0.25) is 0 Å². The van der Waals surface area contributed by atoms with E-state index in [1.165, 1.54) is 12.1 Å². The molecule has 1 nitrogen and oxygen atoms in total. The summed E-state index contributed by atoms with van der Waals surface area (Å²) >= 11 is 0. The van der Waals surface area contributed by atoms with E-state index in [1.807, 2.05) is 6.92 Å². The highest BCUT2D eigenvalue weighted by molar-refractivity contribution is 5.89. The van der Waals surface area contributed by atoms with Gasteiger partial charge in [0, 0.05) is 5.92 Å². The van der Waals surface area contributed by atoms with Crippen molar-refractivity contribution in [1.29, 1.82) is 0 Å². The van der Waals surface area contributed by atoms with Crippen LogP contribution in [0.25, 0.3) is 10.8 Å². The Labute approximate surface area is 161 Å². The Morgan fingerprint density at radius 3 is 2.21 bits per heavy atom. The molecule has 6 heteroatoms. The third-order valence-electron chi connectivity index (χ3n) is 5.55. The number of alkyl halides is 5. The summed E-state index contributed by atoms with van der Waals surface area (Å²) in [7, 11) is 0. The molecule has 0 saturated heterocycles. The Morgan fingerprint density at radius 1 is 0.964 bits per heavy atom. The highest BCUT2D eigenvalue weighted by Gasteiger charge is 2.39. The van der Waals surface area contributed by atoms with E-state index in [4.69, 9.17) is 4.74 Å². The molecule has 2 aromatic carbocycles. The molecule has 0 N–H and O–H groups in total. The molecule has 1 aliphatic rings. The van der Waals surface area contributed by atoms with Gasteiger partial charge in [-0.1, -0.05) is 37.6 Å². The number of hydrogen-bond acceptors (Lipinski definition) is 1. The van der Waals surface area contributed by atoms with E-state index in [1.54, 1.807) is 18.2 Å². The van der Waals surface area contributed by atoms with Crippen LogP contribution in [0.4, 0.5) is 22.0 Å². The second-order valence-corrected chi connectivity index (χ2v) is 7.79. The lowest BCUT2D eigenvalue weighted by Gasteiger charge is -2.32. The van der Waals surface area contributed by atoms with Gasteiger partial charge in [-0.15, -0.1) is 0 Å². The van der Waals surface area contributed by atoms with Crippen molar-refractivity contribution in [2.24, 2.45) is 5.92 Å². The largest absolute Gasteiger partial charge is 0.490 e. The van der Waals surface area contributed by atoms with Gasteiger partial charge < -0.3 is 4.74 Å². The van der Waals surface area contributed by atoms with E-state index in [9.17, 15) is 22.0 Å². The fourth-order valence-electron chi connectivity index (χ4n) is 4.06. The lowest BCUT2D eigenvalue weighted by molar-refractivity contribution is -0.138. The molecule has 0 amide bonds. The number of fused-ring (bicyclic) bond motifs is 1. The Hall–Kier alpha value is -1.85. The molecule has 1 aliphatic carbocycles. The van der Waals surface area contributed by atoms with Crippen molar-refractivity contribution in [3.63, 3.8) is 0 Å². The summed E-state index contributed by atoms with van der Waals surface area (Å²) in [4.78, 5) is 0. The van der Waals surface area contributed by atoms with Crippen LogP contribution in [-0.2, 0) is 12.6 Å². The maximum atomic E-state index is 13.8. The smallest absolute Gasteiger partial charge is 0.420 e. The summed E-state index contributed by atoms with van der Waals surface area (Å²) in [5, 5.41) is 0.638. The van der Waals surface area contributed by atoms with Gasteiger partial charge in [0.1, 0.15) is 11.3 Å². The van der Waals surface area contributed by atoms with E-state index in [2.05, 4.69) is 0 Å². The number of rotatable bonds is 5. The SMILES string of the molecule is CCCc1ccc2c(C(F)(F)F)c(OC3CCC(C(C)(F)F)CC3)ccc2c1. The maximum absolute atomic E-state index is 13.8. The number of hydrogen-bond donors (Lipinski definition) is 0. The van der Waals surface area contributed by atoms with Gasteiger partial charge in [-0.05, 0) is 61.4 Å².